The summed E-state index contributed by atoms with van der Waals surface area (Å²) >= 11 is 0. The summed E-state index contributed by atoms with van der Waals surface area (Å²) in [6.07, 6.45) is 3.84. The number of nitrogens with zero attached hydrogens (tertiary/aromatic N) is 1. The van der Waals surface area contributed by atoms with Gasteiger partial charge in [-0.3, -0.25) is 4.79 Å². The van der Waals surface area contributed by atoms with E-state index in [0.29, 0.717) is 12.8 Å². The second-order valence-electron chi connectivity index (χ2n) is 4.74. The highest BCUT2D eigenvalue weighted by Crippen LogP contribution is 2.25. The average molecular weight is 212 g/mol. The standard InChI is InChI=1S/C11H20N2O2/c14-10(13-7-2-8-13)9-11(15)3-1-5-12-6-4-11/h12,15H,1-9H2. The van der Waals surface area contributed by atoms with E-state index in [1.807, 2.05) is 4.90 Å². The summed E-state index contributed by atoms with van der Waals surface area (Å²) in [5.74, 6) is 0.130. The lowest BCUT2D eigenvalue weighted by Crippen LogP contribution is -2.46. The monoisotopic (exact) mass is 212 g/mol. The Labute approximate surface area is 90.6 Å². The van der Waals surface area contributed by atoms with Gasteiger partial charge in [0.2, 0.25) is 5.91 Å². The van der Waals surface area contributed by atoms with Crippen molar-refractivity contribution in [2.45, 2.75) is 37.7 Å². The second kappa shape index (κ2) is 4.49. The van der Waals surface area contributed by atoms with Gasteiger partial charge in [-0.1, -0.05) is 0 Å². The van der Waals surface area contributed by atoms with Gasteiger partial charge in [0.25, 0.3) is 0 Å². The Morgan fingerprint density at radius 3 is 2.73 bits per heavy atom. The first-order chi connectivity index (χ1) is 7.20. The molecule has 2 fully saturated rings. The van der Waals surface area contributed by atoms with Gasteiger partial charge in [-0.2, -0.15) is 0 Å². The molecule has 0 bridgehead atoms. The summed E-state index contributed by atoms with van der Waals surface area (Å²) in [4.78, 5) is 13.6. The fraction of sp³-hybridized carbons (Fsp3) is 0.909. The molecule has 2 heterocycles. The van der Waals surface area contributed by atoms with E-state index in [2.05, 4.69) is 5.32 Å². The number of rotatable bonds is 2. The van der Waals surface area contributed by atoms with E-state index in [1.165, 1.54) is 0 Å². The van der Waals surface area contributed by atoms with Crippen LogP contribution in [0.5, 0.6) is 0 Å². The lowest BCUT2D eigenvalue weighted by atomic mass is 9.90. The maximum atomic E-state index is 11.8. The Morgan fingerprint density at radius 1 is 1.27 bits per heavy atom. The molecule has 2 aliphatic heterocycles. The molecule has 2 aliphatic rings. The molecule has 1 amide bonds. The zero-order chi connectivity index (χ0) is 10.7. The zero-order valence-electron chi connectivity index (χ0n) is 9.17. The van der Waals surface area contributed by atoms with Crippen molar-refractivity contribution in [2.24, 2.45) is 0 Å². The maximum Gasteiger partial charge on any atom is 0.225 e. The third-order valence-corrected chi connectivity index (χ3v) is 3.45. The predicted octanol–water partition coefficient (Wildman–Crippen LogP) is 0.113. The van der Waals surface area contributed by atoms with E-state index in [4.69, 9.17) is 0 Å². The summed E-state index contributed by atoms with van der Waals surface area (Å²) in [6, 6.07) is 0. The van der Waals surface area contributed by atoms with Crippen LogP contribution in [0.2, 0.25) is 0 Å². The van der Waals surface area contributed by atoms with Crippen molar-refractivity contribution < 1.29 is 9.90 Å². The van der Waals surface area contributed by atoms with Crippen molar-refractivity contribution >= 4 is 5.91 Å². The summed E-state index contributed by atoms with van der Waals surface area (Å²) in [7, 11) is 0. The molecule has 1 atom stereocenters. The van der Waals surface area contributed by atoms with Crippen molar-refractivity contribution in [1.29, 1.82) is 0 Å². The molecule has 1 unspecified atom stereocenters. The van der Waals surface area contributed by atoms with E-state index in [-0.39, 0.29) is 5.91 Å². The van der Waals surface area contributed by atoms with Crippen LogP contribution in [0.4, 0.5) is 0 Å². The van der Waals surface area contributed by atoms with Gasteiger partial charge in [-0.25, -0.2) is 0 Å². The minimum atomic E-state index is -0.754. The normalized spacial score (nSPS) is 31.9. The fourth-order valence-electron chi connectivity index (χ4n) is 2.25. The van der Waals surface area contributed by atoms with Crippen molar-refractivity contribution in [2.75, 3.05) is 26.2 Å². The highest BCUT2D eigenvalue weighted by molar-refractivity contribution is 5.77. The Bertz CT molecular complexity index is 231. The third-order valence-electron chi connectivity index (χ3n) is 3.45. The third kappa shape index (κ3) is 2.69. The molecule has 0 aromatic carbocycles. The summed E-state index contributed by atoms with van der Waals surface area (Å²) in [5.41, 5.74) is -0.754. The molecule has 2 rings (SSSR count). The van der Waals surface area contributed by atoms with Gasteiger partial charge in [-0.15, -0.1) is 0 Å². The number of carbonyl (C=O) groups is 1. The fourth-order valence-corrected chi connectivity index (χ4v) is 2.25. The molecular weight excluding hydrogens is 192 g/mol. The summed E-state index contributed by atoms with van der Waals surface area (Å²) in [5, 5.41) is 13.6. The number of carbonyl (C=O) groups excluding carboxylic acids is 1. The molecule has 4 heteroatoms. The molecule has 0 aromatic rings. The highest BCUT2D eigenvalue weighted by atomic mass is 16.3. The molecule has 0 saturated carbocycles. The van der Waals surface area contributed by atoms with Gasteiger partial charge >= 0.3 is 0 Å². The van der Waals surface area contributed by atoms with Gasteiger partial charge in [0.1, 0.15) is 0 Å². The van der Waals surface area contributed by atoms with Crippen molar-refractivity contribution in [3.05, 3.63) is 0 Å². The van der Waals surface area contributed by atoms with E-state index >= 15 is 0 Å². The quantitative estimate of drug-likeness (QED) is 0.683. The van der Waals surface area contributed by atoms with Gasteiger partial charge in [0.05, 0.1) is 12.0 Å². The number of hydrogen-bond acceptors (Lipinski definition) is 3. The molecule has 2 N–H and O–H groups in total. The molecule has 86 valence electrons. The van der Waals surface area contributed by atoms with Crippen molar-refractivity contribution in [3.63, 3.8) is 0 Å². The van der Waals surface area contributed by atoms with E-state index < -0.39 is 5.60 Å². The molecule has 15 heavy (non-hydrogen) atoms. The summed E-state index contributed by atoms with van der Waals surface area (Å²) in [6.45, 7) is 3.55. The molecule has 0 aliphatic carbocycles. The van der Waals surface area contributed by atoms with Gasteiger partial charge < -0.3 is 15.3 Å². The second-order valence-corrected chi connectivity index (χ2v) is 4.74. The Hall–Kier alpha value is -0.610. The lowest BCUT2D eigenvalue weighted by Gasteiger charge is -2.34. The van der Waals surface area contributed by atoms with Gasteiger partial charge in [0.15, 0.2) is 0 Å². The summed E-state index contributed by atoms with van der Waals surface area (Å²) < 4.78 is 0. The number of likely N-dealkylation sites (tertiary alicyclic amines) is 1. The van der Waals surface area contributed by atoms with Crippen LogP contribution in [0.25, 0.3) is 0 Å². The van der Waals surface area contributed by atoms with Crippen molar-refractivity contribution in [3.8, 4) is 0 Å². The van der Waals surface area contributed by atoms with Gasteiger partial charge in [0, 0.05) is 13.1 Å². The Kier molecular flexibility index (Phi) is 3.26. The molecule has 0 spiro atoms. The largest absolute Gasteiger partial charge is 0.389 e. The zero-order valence-corrected chi connectivity index (χ0v) is 9.17. The van der Waals surface area contributed by atoms with E-state index in [1.54, 1.807) is 0 Å². The van der Waals surface area contributed by atoms with E-state index in [9.17, 15) is 9.90 Å². The first kappa shape index (κ1) is 10.9. The smallest absolute Gasteiger partial charge is 0.225 e. The topological polar surface area (TPSA) is 52.6 Å². The van der Waals surface area contributed by atoms with Crippen LogP contribution in [0, 0.1) is 0 Å². The number of hydrogen-bond donors (Lipinski definition) is 2. The molecule has 2 saturated heterocycles. The van der Waals surface area contributed by atoms with Crippen LogP contribution in [0.15, 0.2) is 0 Å². The molecule has 0 radical (unpaired) electrons. The lowest BCUT2D eigenvalue weighted by molar-refractivity contribution is -0.140. The molecule has 4 nitrogen and oxygen atoms in total. The van der Waals surface area contributed by atoms with Crippen LogP contribution >= 0.6 is 0 Å². The first-order valence-electron chi connectivity index (χ1n) is 5.91. The SMILES string of the molecule is O=C(CC1(O)CCCNCC1)N1CCC1. The molecule has 0 aromatic heterocycles. The van der Waals surface area contributed by atoms with Crippen LogP contribution in [-0.4, -0.2) is 47.7 Å². The average Bonchev–Trinajstić information content (AvgIpc) is 2.26. The number of aliphatic hydroxyl groups is 1. The minimum Gasteiger partial charge on any atom is -0.389 e. The first-order valence-corrected chi connectivity index (χ1v) is 5.91. The van der Waals surface area contributed by atoms with Crippen LogP contribution in [0.1, 0.15) is 32.1 Å². The number of amides is 1. The van der Waals surface area contributed by atoms with Crippen molar-refractivity contribution in [1.82, 2.24) is 10.2 Å². The Morgan fingerprint density at radius 2 is 2.07 bits per heavy atom. The van der Waals surface area contributed by atoms with Gasteiger partial charge in [-0.05, 0) is 38.8 Å². The van der Waals surface area contributed by atoms with Crippen LogP contribution in [-0.2, 0) is 4.79 Å². The Balaban J connectivity index is 1.86. The minimum absolute atomic E-state index is 0.130. The molecular formula is C11H20N2O2. The number of nitrogens with one attached hydrogen (secondary N) is 1. The maximum absolute atomic E-state index is 11.8. The van der Waals surface area contributed by atoms with Crippen LogP contribution in [0.3, 0.4) is 0 Å². The highest BCUT2D eigenvalue weighted by Gasteiger charge is 2.33. The van der Waals surface area contributed by atoms with E-state index in [0.717, 1.165) is 45.4 Å². The van der Waals surface area contributed by atoms with Crippen LogP contribution < -0.4 is 5.32 Å². The predicted molar refractivity (Wildman–Crippen MR) is 57.5 cm³/mol.